The van der Waals surface area contributed by atoms with Gasteiger partial charge in [-0.15, -0.1) is 0 Å². The van der Waals surface area contributed by atoms with E-state index in [0.29, 0.717) is 29.6 Å². The monoisotopic (exact) mass is 358 g/mol. The number of ether oxygens (including phenoxy) is 2. The lowest BCUT2D eigenvalue weighted by molar-refractivity contribution is 0.0934. The predicted octanol–water partition coefficient (Wildman–Crippen LogP) is 2.68. The van der Waals surface area contributed by atoms with Crippen molar-refractivity contribution in [1.82, 2.24) is 15.3 Å². The average molecular weight is 358 g/mol. The van der Waals surface area contributed by atoms with E-state index in [1.54, 1.807) is 20.3 Å². The second kappa shape index (κ2) is 9.60. The van der Waals surface area contributed by atoms with Gasteiger partial charge in [0.15, 0.2) is 11.5 Å². The molecule has 0 saturated heterocycles. The zero-order valence-electron chi connectivity index (χ0n) is 15.7. The van der Waals surface area contributed by atoms with Gasteiger partial charge in [0.1, 0.15) is 17.8 Å². The fraction of sp³-hybridized carbons (Fsp3) is 0.421. The Labute approximate surface area is 154 Å². The van der Waals surface area contributed by atoms with Gasteiger partial charge in [-0.1, -0.05) is 13.0 Å². The van der Waals surface area contributed by atoms with Crippen LogP contribution in [0.4, 0.5) is 5.82 Å². The normalized spacial score (nSPS) is 11.5. The number of hydrogen-bond donors (Lipinski definition) is 2. The van der Waals surface area contributed by atoms with Gasteiger partial charge in [-0.3, -0.25) is 4.79 Å². The van der Waals surface area contributed by atoms with Gasteiger partial charge in [0.05, 0.1) is 14.2 Å². The minimum atomic E-state index is -0.190. The van der Waals surface area contributed by atoms with E-state index in [4.69, 9.17) is 9.47 Å². The van der Waals surface area contributed by atoms with Crippen molar-refractivity contribution in [2.24, 2.45) is 0 Å². The van der Waals surface area contributed by atoms with Crippen LogP contribution >= 0.6 is 0 Å². The van der Waals surface area contributed by atoms with E-state index in [9.17, 15) is 4.79 Å². The zero-order chi connectivity index (χ0) is 18.9. The van der Waals surface area contributed by atoms with Crippen LogP contribution < -0.4 is 20.1 Å². The Morgan fingerprint density at radius 3 is 2.62 bits per heavy atom. The van der Waals surface area contributed by atoms with Crippen molar-refractivity contribution in [2.75, 3.05) is 26.1 Å². The van der Waals surface area contributed by atoms with Gasteiger partial charge in [0.25, 0.3) is 5.91 Å². The van der Waals surface area contributed by atoms with Crippen LogP contribution in [0.1, 0.15) is 36.3 Å². The highest BCUT2D eigenvalue weighted by Crippen LogP contribution is 2.27. The van der Waals surface area contributed by atoms with Gasteiger partial charge < -0.3 is 20.1 Å². The lowest BCUT2D eigenvalue weighted by atomic mass is 10.1. The Bertz CT molecular complexity index is 736. The van der Waals surface area contributed by atoms with Crippen LogP contribution in [0, 0.1) is 0 Å². The van der Waals surface area contributed by atoms with Crippen molar-refractivity contribution in [3.05, 3.63) is 41.9 Å². The van der Waals surface area contributed by atoms with Crippen molar-refractivity contribution in [1.29, 1.82) is 0 Å². The van der Waals surface area contributed by atoms with E-state index >= 15 is 0 Å². The third-order valence-corrected chi connectivity index (χ3v) is 4.06. The van der Waals surface area contributed by atoms with Gasteiger partial charge in [-0.25, -0.2) is 9.97 Å². The Morgan fingerprint density at radius 1 is 1.15 bits per heavy atom. The van der Waals surface area contributed by atoms with Crippen molar-refractivity contribution < 1.29 is 14.3 Å². The molecule has 0 fully saturated rings. The van der Waals surface area contributed by atoms with Crippen LogP contribution in [0.2, 0.25) is 0 Å². The lowest BCUT2D eigenvalue weighted by Gasteiger charge is -2.12. The molecule has 2 aromatic rings. The molecule has 2 rings (SSSR count). The summed E-state index contributed by atoms with van der Waals surface area (Å²) in [6.07, 6.45) is 3.04. The number of aromatic nitrogens is 2. The molecule has 0 spiro atoms. The van der Waals surface area contributed by atoms with Crippen LogP contribution in [0.3, 0.4) is 0 Å². The second-order valence-electron chi connectivity index (χ2n) is 5.94. The number of carbonyl (C=O) groups excluding carboxylic acids is 1. The summed E-state index contributed by atoms with van der Waals surface area (Å²) in [5, 5.41) is 6.11. The number of hydrogen-bond acceptors (Lipinski definition) is 6. The van der Waals surface area contributed by atoms with Crippen LogP contribution in [-0.4, -0.2) is 42.7 Å². The van der Waals surface area contributed by atoms with Crippen molar-refractivity contribution in [2.45, 2.75) is 32.7 Å². The summed E-state index contributed by atoms with van der Waals surface area (Å²) in [5.74, 6) is 1.84. The maximum Gasteiger partial charge on any atom is 0.270 e. The summed E-state index contributed by atoms with van der Waals surface area (Å²) >= 11 is 0. The number of anilines is 1. The standard InChI is InChI=1S/C19H26N4O3/c1-5-13(2)23-19(24)15-11-18(22-12-21-15)20-9-8-14-6-7-16(25-3)17(10-14)26-4/h6-7,10-13H,5,8-9H2,1-4H3,(H,23,24)(H,20,21,22). The maximum atomic E-state index is 12.1. The molecule has 1 aromatic carbocycles. The first kappa shape index (κ1) is 19.5. The number of nitrogens with one attached hydrogen (secondary N) is 2. The molecule has 1 atom stereocenters. The zero-order valence-corrected chi connectivity index (χ0v) is 15.7. The minimum absolute atomic E-state index is 0.110. The molecule has 0 radical (unpaired) electrons. The summed E-state index contributed by atoms with van der Waals surface area (Å²) in [5.41, 5.74) is 1.47. The fourth-order valence-electron chi connectivity index (χ4n) is 2.35. The molecule has 26 heavy (non-hydrogen) atoms. The van der Waals surface area contributed by atoms with Crippen LogP contribution in [0.5, 0.6) is 11.5 Å². The molecule has 1 aromatic heterocycles. The molecular formula is C19H26N4O3. The quantitative estimate of drug-likeness (QED) is 0.717. The molecule has 0 aliphatic rings. The van der Waals surface area contributed by atoms with Crippen molar-refractivity contribution >= 4 is 11.7 Å². The van der Waals surface area contributed by atoms with Gasteiger partial charge in [0, 0.05) is 18.7 Å². The molecule has 1 amide bonds. The SMILES string of the molecule is CCC(C)NC(=O)c1cc(NCCc2ccc(OC)c(OC)c2)ncn1. The van der Waals surface area contributed by atoms with E-state index < -0.39 is 0 Å². The fourth-order valence-corrected chi connectivity index (χ4v) is 2.35. The Balaban J connectivity index is 1.94. The van der Waals surface area contributed by atoms with Crippen molar-refractivity contribution in [3.8, 4) is 11.5 Å². The van der Waals surface area contributed by atoms with Gasteiger partial charge >= 0.3 is 0 Å². The van der Waals surface area contributed by atoms with Crippen LogP contribution in [0.15, 0.2) is 30.6 Å². The molecule has 0 saturated carbocycles. The third kappa shape index (κ3) is 5.34. The first-order valence-electron chi connectivity index (χ1n) is 8.65. The number of benzene rings is 1. The summed E-state index contributed by atoms with van der Waals surface area (Å²) in [4.78, 5) is 20.3. The molecule has 1 heterocycles. The van der Waals surface area contributed by atoms with Gasteiger partial charge in [-0.2, -0.15) is 0 Å². The summed E-state index contributed by atoms with van der Waals surface area (Å²) in [7, 11) is 3.23. The van der Waals surface area contributed by atoms with Crippen molar-refractivity contribution in [3.63, 3.8) is 0 Å². The largest absolute Gasteiger partial charge is 0.493 e. The van der Waals surface area contributed by atoms with Crippen LogP contribution in [0.25, 0.3) is 0 Å². The second-order valence-corrected chi connectivity index (χ2v) is 5.94. The maximum absolute atomic E-state index is 12.1. The number of methoxy groups -OCH3 is 2. The highest BCUT2D eigenvalue weighted by atomic mass is 16.5. The molecule has 1 unspecified atom stereocenters. The average Bonchev–Trinajstić information content (AvgIpc) is 2.67. The van der Waals surface area contributed by atoms with E-state index in [0.717, 1.165) is 18.4 Å². The Kier molecular flexibility index (Phi) is 7.20. The lowest BCUT2D eigenvalue weighted by Crippen LogP contribution is -2.32. The smallest absolute Gasteiger partial charge is 0.270 e. The minimum Gasteiger partial charge on any atom is -0.493 e. The molecule has 0 aliphatic carbocycles. The Hall–Kier alpha value is -2.83. The van der Waals surface area contributed by atoms with Gasteiger partial charge in [-0.05, 0) is 37.5 Å². The highest BCUT2D eigenvalue weighted by Gasteiger charge is 2.11. The topological polar surface area (TPSA) is 85.4 Å². The predicted molar refractivity (Wildman–Crippen MR) is 101 cm³/mol. The Morgan fingerprint density at radius 2 is 1.92 bits per heavy atom. The van der Waals surface area contributed by atoms with Gasteiger partial charge in [0.2, 0.25) is 0 Å². The summed E-state index contributed by atoms with van der Waals surface area (Å²) < 4.78 is 10.6. The van der Waals surface area contributed by atoms with Crippen LogP contribution in [-0.2, 0) is 6.42 Å². The molecule has 0 bridgehead atoms. The number of rotatable bonds is 9. The number of carbonyl (C=O) groups is 1. The summed E-state index contributed by atoms with van der Waals surface area (Å²) in [6.45, 7) is 4.65. The molecular weight excluding hydrogens is 332 g/mol. The molecule has 0 aliphatic heterocycles. The van der Waals surface area contributed by atoms with E-state index in [1.165, 1.54) is 6.33 Å². The molecule has 140 valence electrons. The third-order valence-electron chi connectivity index (χ3n) is 4.06. The van der Waals surface area contributed by atoms with E-state index in [1.807, 2.05) is 32.0 Å². The molecule has 7 heteroatoms. The number of nitrogens with zero attached hydrogens (tertiary/aromatic N) is 2. The van der Waals surface area contributed by atoms with E-state index in [-0.39, 0.29) is 11.9 Å². The van der Waals surface area contributed by atoms with E-state index in [2.05, 4.69) is 20.6 Å². The summed E-state index contributed by atoms with van der Waals surface area (Å²) in [6, 6.07) is 7.60. The molecule has 2 N–H and O–H groups in total. The highest BCUT2D eigenvalue weighted by molar-refractivity contribution is 5.93. The first-order chi connectivity index (χ1) is 12.6. The molecule has 7 nitrogen and oxygen atoms in total. The first-order valence-corrected chi connectivity index (χ1v) is 8.65. The number of amides is 1.